The van der Waals surface area contributed by atoms with Gasteiger partial charge in [-0.25, -0.2) is 0 Å². The lowest BCUT2D eigenvalue weighted by Crippen LogP contribution is -2.49. The molecule has 1 heterocycles. The number of aldehydes is 1. The van der Waals surface area contributed by atoms with Crippen molar-refractivity contribution in [2.45, 2.75) is 46.7 Å². The Bertz CT molecular complexity index is 875. The molecule has 7 nitrogen and oxygen atoms in total. The highest BCUT2D eigenvalue weighted by Crippen LogP contribution is 2.29. The maximum absolute atomic E-state index is 11.9. The highest BCUT2D eigenvalue weighted by atomic mass is 16.2. The van der Waals surface area contributed by atoms with Crippen LogP contribution in [-0.4, -0.2) is 39.3 Å². The Morgan fingerprint density at radius 1 is 1.26 bits per heavy atom. The van der Waals surface area contributed by atoms with Crippen molar-refractivity contribution in [1.29, 1.82) is 0 Å². The van der Waals surface area contributed by atoms with E-state index in [-0.39, 0.29) is 5.91 Å². The van der Waals surface area contributed by atoms with E-state index in [1.807, 2.05) is 38.1 Å². The molecular weight excluding hydrogens is 342 g/mol. The number of hydrogen-bond acceptors (Lipinski definition) is 5. The summed E-state index contributed by atoms with van der Waals surface area (Å²) in [5, 5.41) is 12.0. The first-order valence-electron chi connectivity index (χ1n) is 8.86. The minimum atomic E-state index is -0.935. The summed E-state index contributed by atoms with van der Waals surface area (Å²) >= 11 is 0. The number of amides is 1. The highest BCUT2D eigenvalue weighted by Gasteiger charge is 2.21. The van der Waals surface area contributed by atoms with Crippen molar-refractivity contribution in [3.05, 3.63) is 41.1 Å². The third kappa shape index (κ3) is 4.89. The molecule has 0 aliphatic carbocycles. The first-order valence-corrected chi connectivity index (χ1v) is 8.86. The molecule has 7 heteroatoms. The first-order chi connectivity index (χ1) is 12.6. The molecule has 1 amide bonds. The zero-order valence-electron chi connectivity index (χ0n) is 16.5. The van der Waals surface area contributed by atoms with E-state index in [4.69, 9.17) is 5.73 Å². The Labute approximate surface area is 159 Å². The lowest BCUT2D eigenvalue weighted by Gasteiger charge is -2.17. The predicted molar refractivity (Wildman–Crippen MR) is 106 cm³/mol. The van der Waals surface area contributed by atoms with Crippen LogP contribution in [0.1, 0.15) is 39.0 Å². The largest absolute Gasteiger partial charge is 0.353 e. The van der Waals surface area contributed by atoms with Crippen LogP contribution in [0.15, 0.2) is 29.8 Å². The van der Waals surface area contributed by atoms with Gasteiger partial charge in [0, 0.05) is 12.1 Å². The summed E-state index contributed by atoms with van der Waals surface area (Å²) in [5.41, 5.74) is 9.65. The van der Waals surface area contributed by atoms with Gasteiger partial charge >= 0.3 is 0 Å². The summed E-state index contributed by atoms with van der Waals surface area (Å²) in [5.74, 6) is -0.234. The Hall–Kier alpha value is -2.80. The van der Waals surface area contributed by atoms with Gasteiger partial charge in [-0.15, -0.1) is 0 Å². The van der Waals surface area contributed by atoms with Crippen molar-refractivity contribution in [3.63, 3.8) is 0 Å². The van der Waals surface area contributed by atoms with E-state index in [2.05, 4.69) is 15.5 Å². The van der Waals surface area contributed by atoms with Crippen LogP contribution >= 0.6 is 0 Å². The van der Waals surface area contributed by atoms with Gasteiger partial charge in [-0.05, 0) is 51.3 Å². The van der Waals surface area contributed by atoms with E-state index < -0.39 is 5.54 Å². The van der Waals surface area contributed by atoms with Crippen molar-refractivity contribution < 1.29 is 9.59 Å². The Morgan fingerprint density at radius 3 is 2.52 bits per heavy atom. The molecule has 0 unspecified atom stereocenters. The topological polar surface area (TPSA) is 103 Å². The quantitative estimate of drug-likeness (QED) is 0.575. The molecule has 0 fully saturated rings. The van der Waals surface area contributed by atoms with E-state index in [9.17, 15) is 9.59 Å². The summed E-state index contributed by atoms with van der Waals surface area (Å²) < 4.78 is 0. The molecule has 0 aliphatic heterocycles. The van der Waals surface area contributed by atoms with Crippen LogP contribution in [0.25, 0.3) is 16.8 Å². The maximum Gasteiger partial charge on any atom is 0.239 e. The van der Waals surface area contributed by atoms with Crippen molar-refractivity contribution >= 4 is 17.8 Å². The smallest absolute Gasteiger partial charge is 0.239 e. The molecule has 2 aromatic rings. The zero-order chi connectivity index (χ0) is 20.2. The molecule has 0 atom stereocenters. The molecule has 27 heavy (non-hydrogen) atoms. The molecule has 144 valence electrons. The molecule has 1 aromatic heterocycles. The van der Waals surface area contributed by atoms with Crippen LogP contribution in [0, 0.1) is 6.92 Å². The number of nitrogens with two attached hydrogens (primary N) is 1. The Kier molecular flexibility index (Phi) is 6.28. The van der Waals surface area contributed by atoms with Crippen molar-refractivity contribution in [3.8, 4) is 11.3 Å². The molecule has 0 spiro atoms. The minimum absolute atomic E-state index is 0.234. The second-order valence-corrected chi connectivity index (χ2v) is 7.21. The van der Waals surface area contributed by atoms with Gasteiger partial charge in [0.2, 0.25) is 5.91 Å². The zero-order valence-corrected chi connectivity index (χ0v) is 16.5. The van der Waals surface area contributed by atoms with Crippen LogP contribution in [0.2, 0.25) is 0 Å². The first kappa shape index (κ1) is 20.5. The molecule has 1 aromatic carbocycles. The van der Waals surface area contributed by atoms with E-state index in [0.29, 0.717) is 24.4 Å². The van der Waals surface area contributed by atoms with Crippen LogP contribution in [0.4, 0.5) is 0 Å². The number of carbonyl (C=O) groups excluding carboxylic acids is 2. The number of benzene rings is 1. The lowest BCUT2D eigenvalue weighted by molar-refractivity contribution is -0.125. The van der Waals surface area contributed by atoms with Crippen LogP contribution in [0.5, 0.6) is 0 Å². The van der Waals surface area contributed by atoms with E-state index in [0.717, 1.165) is 28.7 Å². The highest BCUT2D eigenvalue weighted by molar-refractivity contribution is 5.89. The normalized spacial score (nSPS) is 12.5. The number of rotatable bonds is 7. The molecule has 0 saturated heterocycles. The standard InChI is InChI=1S/C20H27N5O2/c1-13-8-6-7-9-16(13)18-17(15(3)14(2)12-26)23-25(24-18)11-10-22-19(27)20(4,5)21/h6-9,12H,10-11,21H2,1-5H3,(H,22,27)/b15-14-. The van der Waals surface area contributed by atoms with Crippen LogP contribution in [0.3, 0.4) is 0 Å². The third-order valence-corrected chi connectivity index (χ3v) is 4.36. The maximum atomic E-state index is 11.9. The summed E-state index contributed by atoms with van der Waals surface area (Å²) in [7, 11) is 0. The summed E-state index contributed by atoms with van der Waals surface area (Å²) in [6, 6.07) is 7.90. The Balaban J connectivity index is 2.35. The van der Waals surface area contributed by atoms with E-state index >= 15 is 0 Å². The average molecular weight is 369 g/mol. The molecular formula is C20H27N5O2. The average Bonchev–Trinajstić information content (AvgIpc) is 3.03. The Morgan fingerprint density at radius 2 is 1.93 bits per heavy atom. The van der Waals surface area contributed by atoms with Crippen LogP contribution < -0.4 is 11.1 Å². The second-order valence-electron chi connectivity index (χ2n) is 7.21. The summed E-state index contributed by atoms with van der Waals surface area (Å²) in [4.78, 5) is 24.7. The lowest BCUT2D eigenvalue weighted by atomic mass is 10.00. The van der Waals surface area contributed by atoms with Gasteiger partial charge in [-0.3, -0.25) is 9.59 Å². The predicted octanol–water partition coefficient (Wildman–Crippen LogP) is 2.10. The number of nitrogens with one attached hydrogen (secondary N) is 1. The van der Waals surface area contributed by atoms with Gasteiger partial charge in [-0.1, -0.05) is 24.3 Å². The van der Waals surface area contributed by atoms with Gasteiger partial charge < -0.3 is 11.1 Å². The number of hydrogen-bond donors (Lipinski definition) is 2. The van der Waals surface area contributed by atoms with Gasteiger partial charge in [0.25, 0.3) is 0 Å². The van der Waals surface area contributed by atoms with Crippen molar-refractivity contribution in [2.75, 3.05) is 6.54 Å². The third-order valence-electron chi connectivity index (χ3n) is 4.36. The van der Waals surface area contributed by atoms with Gasteiger partial charge in [0.1, 0.15) is 17.7 Å². The van der Waals surface area contributed by atoms with Crippen molar-refractivity contribution in [2.24, 2.45) is 5.73 Å². The van der Waals surface area contributed by atoms with E-state index in [1.54, 1.807) is 25.6 Å². The number of aryl methyl sites for hydroxylation is 1. The summed E-state index contributed by atoms with van der Waals surface area (Å²) in [6.45, 7) is 9.68. The fraction of sp³-hybridized carbons (Fsp3) is 0.400. The number of allylic oxidation sites excluding steroid dienone is 2. The minimum Gasteiger partial charge on any atom is -0.353 e. The van der Waals surface area contributed by atoms with Gasteiger partial charge in [0.15, 0.2) is 0 Å². The van der Waals surface area contributed by atoms with Crippen LogP contribution in [-0.2, 0) is 16.1 Å². The molecule has 0 aliphatic rings. The van der Waals surface area contributed by atoms with Crippen molar-refractivity contribution in [1.82, 2.24) is 20.3 Å². The fourth-order valence-corrected chi connectivity index (χ4v) is 2.49. The molecule has 2 rings (SSSR count). The van der Waals surface area contributed by atoms with Gasteiger partial charge in [-0.2, -0.15) is 15.0 Å². The summed E-state index contributed by atoms with van der Waals surface area (Å²) in [6.07, 6.45) is 0.819. The SMILES string of the molecule is C/C(C=O)=C(\C)c1nn(CCNC(=O)C(C)(C)N)nc1-c1ccccc1C. The monoisotopic (exact) mass is 369 g/mol. The number of nitrogens with zero attached hydrogens (tertiary/aromatic N) is 3. The number of aromatic nitrogens is 3. The number of carbonyl (C=O) groups is 2. The fourth-order valence-electron chi connectivity index (χ4n) is 2.49. The second kappa shape index (κ2) is 8.26. The molecule has 0 bridgehead atoms. The molecule has 0 radical (unpaired) electrons. The van der Waals surface area contributed by atoms with Gasteiger partial charge in [0.05, 0.1) is 12.1 Å². The molecule has 3 N–H and O–H groups in total. The molecule has 0 saturated carbocycles. The van der Waals surface area contributed by atoms with E-state index in [1.165, 1.54) is 0 Å².